The molecule has 3 aromatic rings. The Kier molecular flexibility index (Phi) is 8.92. The number of nitrogens with one attached hydrogen (secondary N) is 1. The van der Waals surface area contributed by atoms with E-state index >= 15 is 0 Å². The lowest BCUT2D eigenvalue weighted by Crippen LogP contribution is -2.13. The number of non-ortho nitro benzene ring substituents is 1. The lowest BCUT2D eigenvalue weighted by Gasteiger charge is -2.14. The highest BCUT2D eigenvalue weighted by molar-refractivity contribution is 14.1. The third-order valence-electron chi connectivity index (χ3n) is 4.63. The highest BCUT2D eigenvalue weighted by Gasteiger charge is 2.16. The quantitative estimate of drug-likeness (QED) is 0.0989. The molecule has 0 aromatic heterocycles. The predicted octanol–water partition coefficient (Wildman–Crippen LogP) is 6.64. The van der Waals surface area contributed by atoms with Gasteiger partial charge in [0.1, 0.15) is 18.2 Å². The number of ether oxygens (including phenoxy) is 2. The van der Waals surface area contributed by atoms with Crippen LogP contribution in [0.3, 0.4) is 0 Å². The van der Waals surface area contributed by atoms with Crippen molar-refractivity contribution in [3.8, 4) is 17.6 Å². The predicted molar refractivity (Wildman–Crippen MR) is 142 cm³/mol. The van der Waals surface area contributed by atoms with Crippen LogP contribution >= 0.6 is 45.8 Å². The van der Waals surface area contributed by atoms with E-state index in [2.05, 4.69) is 27.9 Å². The smallest absolute Gasteiger partial charge is 0.271 e. The van der Waals surface area contributed by atoms with Crippen LogP contribution in [0.4, 0.5) is 11.4 Å². The normalized spacial score (nSPS) is 10.9. The first-order chi connectivity index (χ1) is 16.7. The number of anilines is 1. The van der Waals surface area contributed by atoms with E-state index < -0.39 is 10.8 Å². The summed E-state index contributed by atoms with van der Waals surface area (Å²) in [6.07, 6.45) is 1.39. The minimum atomic E-state index is -0.709. The largest absolute Gasteiger partial charge is 0.493 e. The molecule has 0 fully saturated rings. The van der Waals surface area contributed by atoms with E-state index in [4.69, 9.17) is 32.7 Å². The Bertz CT molecular complexity index is 1370. The SMILES string of the molecule is COc1cc(/C=C(/C#N)C(=O)Nc2cccc([N+](=O)[O-])c2)cc(I)c1OCc1ccc(Cl)cc1Cl. The fourth-order valence-corrected chi connectivity index (χ4v) is 4.21. The van der Waals surface area contributed by atoms with Crippen LogP contribution in [0, 0.1) is 25.0 Å². The highest BCUT2D eigenvalue weighted by atomic mass is 127. The second-order valence-corrected chi connectivity index (χ2v) is 9.00. The van der Waals surface area contributed by atoms with Crippen molar-refractivity contribution in [3.63, 3.8) is 0 Å². The number of nitro benzene ring substituents is 1. The fourth-order valence-electron chi connectivity index (χ4n) is 2.96. The Morgan fingerprint density at radius 2 is 2.00 bits per heavy atom. The molecule has 0 saturated carbocycles. The molecule has 1 amide bonds. The molecule has 0 aliphatic carbocycles. The monoisotopic (exact) mass is 623 g/mol. The molecule has 3 rings (SSSR count). The molecule has 11 heteroatoms. The van der Waals surface area contributed by atoms with Gasteiger partial charge < -0.3 is 14.8 Å². The zero-order valence-electron chi connectivity index (χ0n) is 18.1. The number of nitro groups is 1. The first-order valence-corrected chi connectivity index (χ1v) is 11.7. The molecule has 1 N–H and O–H groups in total. The standard InChI is InChI=1S/C24H16Cl2IN3O5/c1-34-22-9-14(8-21(27)23(22)35-13-15-5-6-17(25)10-20(15)26)7-16(12-28)24(31)29-18-3-2-4-19(11-18)30(32)33/h2-11H,13H2,1H3,(H,29,31)/b16-7-. The Hall–Kier alpha value is -3.33. The van der Waals surface area contributed by atoms with Crippen LogP contribution in [0.25, 0.3) is 6.08 Å². The van der Waals surface area contributed by atoms with Crippen LogP contribution in [0.15, 0.2) is 60.2 Å². The molecule has 0 radical (unpaired) electrons. The van der Waals surface area contributed by atoms with Crippen molar-refractivity contribution < 1.29 is 19.2 Å². The summed E-state index contributed by atoms with van der Waals surface area (Å²) in [7, 11) is 1.47. The molecule has 0 aliphatic heterocycles. The van der Waals surface area contributed by atoms with Crippen LogP contribution in [0.5, 0.6) is 11.5 Å². The third kappa shape index (κ3) is 6.85. The highest BCUT2D eigenvalue weighted by Crippen LogP contribution is 2.36. The van der Waals surface area contributed by atoms with Crippen molar-refractivity contribution in [2.75, 3.05) is 12.4 Å². The van der Waals surface area contributed by atoms with Gasteiger partial charge in [0.05, 0.1) is 15.6 Å². The zero-order valence-corrected chi connectivity index (χ0v) is 21.7. The number of carbonyl (C=O) groups excluding carboxylic acids is 1. The summed E-state index contributed by atoms with van der Waals surface area (Å²) in [5, 5.41) is 23.9. The number of nitriles is 1. The summed E-state index contributed by atoms with van der Waals surface area (Å²) in [6.45, 7) is 0.173. The molecule has 0 unspecified atom stereocenters. The van der Waals surface area contributed by atoms with Gasteiger partial charge >= 0.3 is 0 Å². The Balaban J connectivity index is 1.82. The van der Waals surface area contributed by atoms with Gasteiger partial charge in [-0.1, -0.05) is 35.3 Å². The summed E-state index contributed by atoms with van der Waals surface area (Å²) in [4.78, 5) is 23.0. The first-order valence-electron chi connectivity index (χ1n) is 9.83. The molecular weight excluding hydrogens is 608 g/mol. The fraction of sp³-hybridized carbons (Fsp3) is 0.0833. The van der Waals surface area contributed by atoms with Gasteiger partial charge in [-0.2, -0.15) is 5.26 Å². The van der Waals surface area contributed by atoms with Gasteiger partial charge in [0, 0.05) is 33.4 Å². The van der Waals surface area contributed by atoms with E-state index in [9.17, 15) is 20.2 Å². The van der Waals surface area contributed by atoms with Crippen molar-refractivity contribution in [2.45, 2.75) is 6.61 Å². The van der Waals surface area contributed by atoms with Crippen molar-refractivity contribution in [2.24, 2.45) is 0 Å². The molecule has 35 heavy (non-hydrogen) atoms. The molecule has 0 spiro atoms. The number of halogens is 3. The molecule has 8 nitrogen and oxygen atoms in total. The maximum Gasteiger partial charge on any atom is 0.271 e. The van der Waals surface area contributed by atoms with Gasteiger partial charge in [-0.3, -0.25) is 14.9 Å². The molecular formula is C24H16Cl2IN3O5. The Labute approximate surface area is 224 Å². The number of hydrogen-bond donors (Lipinski definition) is 1. The van der Waals surface area contributed by atoms with E-state index in [1.165, 1.54) is 37.5 Å². The summed E-state index contributed by atoms with van der Waals surface area (Å²) in [5.41, 5.74) is 1.08. The van der Waals surface area contributed by atoms with Gasteiger partial charge in [0.2, 0.25) is 0 Å². The van der Waals surface area contributed by atoms with Crippen LogP contribution in [-0.2, 0) is 11.4 Å². The van der Waals surface area contributed by atoms with Gasteiger partial charge in [-0.15, -0.1) is 0 Å². The minimum Gasteiger partial charge on any atom is -0.493 e. The van der Waals surface area contributed by atoms with E-state index in [1.807, 2.05) is 6.07 Å². The van der Waals surface area contributed by atoms with Crippen molar-refractivity contribution in [3.05, 3.63) is 95.0 Å². The summed E-state index contributed by atoms with van der Waals surface area (Å²) in [6, 6.07) is 15.7. The molecule has 178 valence electrons. The van der Waals surface area contributed by atoms with E-state index in [0.29, 0.717) is 30.7 Å². The number of benzene rings is 3. The van der Waals surface area contributed by atoms with E-state index in [-0.39, 0.29) is 23.6 Å². The second-order valence-electron chi connectivity index (χ2n) is 6.99. The van der Waals surface area contributed by atoms with Gasteiger partial charge in [-0.05, 0) is 64.6 Å². The summed E-state index contributed by atoms with van der Waals surface area (Å²) in [5.74, 6) is 0.153. The zero-order chi connectivity index (χ0) is 25.5. The Morgan fingerprint density at radius 1 is 1.23 bits per heavy atom. The van der Waals surface area contributed by atoms with Crippen molar-refractivity contribution in [1.29, 1.82) is 5.26 Å². The third-order valence-corrected chi connectivity index (χ3v) is 6.02. The lowest BCUT2D eigenvalue weighted by atomic mass is 10.1. The Morgan fingerprint density at radius 3 is 2.66 bits per heavy atom. The number of carbonyl (C=O) groups is 1. The number of hydrogen-bond acceptors (Lipinski definition) is 6. The summed E-state index contributed by atoms with van der Waals surface area (Å²) < 4.78 is 12.1. The van der Waals surface area contributed by atoms with Gasteiger partial charge in [0.15, 0.2) is 11.5 Å². The summed E-state index contributed by atoms with van der Waals surface area (Å²) >= 11 is 14.2. The van der Waals surface area contributed by atoms with Crippen LogP contribution < -0.4 is 14.8 Å². The van der Waals surface area contributed by atoms with Crippen LogP contribution in [0.2, 0.25) is 10.0 Å². The number of rotatable bonds is 8. The van der Waals surface area contributed by atoms with Crippen LogP contribution in [0.1, 0.15) is 11.1 Å². The molecule has 0 saturated heterocycles. The van der Waals surface area contributed by atoms with Gasteiger partial charge in [0.25, 0.3) is 11.6 Å². The molecule has 0 aliphatic rings. The van der Waals surface area contributed by atoms with Crippen LogP contribution in [-0.4, -0.2) is 17.9 Å². The number of amides is 1. The molecule has 0 bridgehead atoms. The second kappa shape index (κ2) is 11.9. The van der Waals surface area contributed by atoms with E-state index in [0.717, 1.165) is 5.56 Å². The molecule has 3 aromatic carbocycles. The number of methoxy groups -OCH3 is 1. The van der Waals surface area contributed by atoms with Crippen molar-refractivity contribution in [1.82, 2.24) is 0 Å². The average Bonchev–Trinajstić information content (AvgIpc) is 2.82. The maximum absolute atomic E-state index is 12.6. The molecule has 0 heterocycles. The minimum absolute atomic E-state index is 0.173. The number of nitrogens with zero attached hydrogens (tertiary/aromatic N) is 2. The maximum atomic E-state index is 12.6. The molecule has 0 atom stereocenters. The van der Waals surface area contributed by atoms with Crippen molar-refractivity contribution >= 4 is 69.2 Å². The average molecular weight is 624 g/mol. The van der Waals surface area contributed by atoms with E-state index in [1.54, 1.807) is 30.3 Å². The topological polar surface area (TPSA) is 114 Å². The lowest BCUT2D eigenvalue weighted by molar-refractivity contribution is -0.384. The van der Waals surface area contributed by atoms with Gasteiger partial charge in [-0.25, -0.2) is 0 Å². The first kappa shape index (κ1) is 26.3.